The number of aliphatic hydroxyl groups excluding tert-OH is 1. The molecule has 2 aromatic heterocycles. The minimum absolute atomic E-state index is 0.00578. The lowest BCUT2D eigenvalue weighted by molar-refractivity contribution is -0.107. The van der Waals surface area contributed by atoms with Crippen molar-refractivity contribution in [1.82, 2.24) is 9.55 Å². The normalized spacial score (nSPS) is 10.4. The van der Waals surface area contributed by atoms with E-state index >= 15 is 0 Å². The van der Waals surface area contributed by atoms with Crippen molar-refractivity contribution in [3.8, 4) is 24.0 Å². The number of halogens is 2. The summed E-state index contributed by atoms with van der Waals surface area (Å²) in [4.78, 5) is 28.7. The second kappa shape index (κ2) is 13.7. The molecule has 6 nitrogen and oxygen atoms in total. The van der Waals surface area contributed by atoms with E-state index in [-0.39, 0.29) is 17.0 Å². The number of terminal acetylenes is 1. The summed E-state index contributed by atoms with van der Waals surface area (Å²) in [6.45, 7) is 7.13. The lowest BCUT2D eigenvalue weighted by atomic mass is 9.93. The van der Waals surface area contributed by atoms with Crippen molar-refractivity contribution in [2.75, 3.05) is 7.11 Å². The Kier molecular flexibility index (Phi) is 11.6. The smallest absolute Gasteiger partial charge is 0.258 e. The maximum atomic E-state index is 14.7. The van der Waals surface area contributed by atoms with Gasteiger partial charge in [-0.05, 0) is 57.3 Å². The standard InChI is InChI=1S/C22H16ClFN2O2.C4H10O.C2H2.CH4O/c1-12-5-6-13-15(10-12)22(28)26(2)18(7-9-27)19(13)16-11-17(24)20(23)14-4-3-8-25-21(14)16;1-4(2,3)5;2*1-2/h3-6,8-11H,7H2,1-2H3;5H,1-3H3;1-2H;2H,1H3. The first-order valence-electron chi connectivity index (χ1n) is 11.2. The van der Waals surface area contributed by atoms with Crippen molar-refractivity contribution in [3.05, 3.63) is 75.0 Å². The lowest BCUT2D eigenvalue weighted by Gasteiger charge is -2.18. The zero-order valence-corrected chi connectivity index (χ0v) is 22.6. The van der Waals surface area contributed by atoms with E-state index in [0.29, 0.717) is 38.5 Å². The second-order valence-corrected chi connectivity index (χ2v) is 9.27. The molecule has 0 bridgehead atoms. The molecular formula is C29H32ClFN2O4. The highest BCUT2D eigenvalue weighted by Gasteiger charge is 2.21. The monoisotopic (exact) mass is 526 g/mol. The van der Waals surface area contributed by atoms with Crippen LogP contribution >= 0.6 is 11.6 Å². The van der Waals surface area contributed by atoms with Crippen molar-refractivity contribution < 1.29 is 19.4 Å². The Hall–Kier alpha value is -3.57. The van der Waals surface area contributed by atoms with Gasteiger partial charge in [-0.3, -0.25) is 9.78 Å². The fourth-order valence-electron chi connectivity index (χ4n) is 3.67. The molecule has 0 aliphatic rings. The molecular weight excluding hydrogens is 495 g/mol. The predicted molar refractivity (Wildman–Crippen MR) is 149 cm³/mol. The van der Waals surface area contributed by atoms with Gasteiger partial charge in [0.25, 0.3) is 5.56 Å². The van der Waals surface area contributed by atoms with Gasteiger partial charge in [-0.25, -0.2) is 4.39 Å². The third-order valence-corrected chi connectivity index (χ3v) is 5.38. The van der Waals surface area contributed by atoms with E-state index in [2.05, 4.69) is 17.8 Å². The molecule has 2 heterocycles. The Bertz CT molecular complexity index is 1460. The molecule has 0 spiro atoms. The first-order chi connectivity index (χ1) is 17.4. The van der Waals surface area contributed by atoms with Crippen molar-refractivity contribution in [1.29, 1.82) is 0 Å². The van der Waals surface area contributed by atoms with Gasteiger partial charge in [0, 0.05) is 54.4 Å². The molecule has 0 aliphatic heterocycles. The van der Waals surface area contributed by atoms with Gasteiger partial charge in [-0.1, -0.05) is 29.3 Å². The summed E-state index contributed by atoms with van der Waals surface area (Å²) in [5, 5.41) is 17.2. The van der Waals surface area contributed by atoms with E-state index in [4.69, 9.17) is 21.8 Å². The van der Waals surface area contributed by atoms with Crippen molar-refractivity contribution in [2.24, 2.45) is 7.05 Å². The number of hydrogen-bond donors (Lipinski definition) is 2. The molecule has 0 amide bonds. The van der Waals surface area contributed by atoms with Crippen LogP contribution in [-0.2, 0) is 18.3 Å². The summed E-state index contributed by atoms with van der Waals surface area (Å²) in [5.41, 5.74) is 2.36. The number of fused-ring (bicyclic) bond motifs is 2. The van der Waals surface area contributed by atoms with Crippen LogP contribution in [0.15, 0.2) is 47.4 Å². The quantitative estimate of drug-likeness (QED) is 0.282. The van der Waals surface area contributed by atoms with Crippen LogP contribution in [0.5, 0.6) is 0 Å². The molecule has 2 aromatic carbocycles. The molecule has 0 unspecified atom stereocenters. The average molecular weight is 527 g/mol. The molecule has 4 aromatic rings. The average Bonchev–Trinajstić information content (AvgIpc) is 2.87. The number of carbonyl (C=O) groups excluding carboxylic acids is 1. The van der Waals surface area contributed by atoms with Crippen LogP contribution in [0.2, 0.25) is 5.02 Å². The van der Waals surface area contributed by atoms with Gasteiger partial charge in [0.15, 0.2) is 0 Å². The number of aromatic nitrogens is 2. The zero-order chi connectivity index (χ0) is 28.5. The van der Waals surface area contributed by atoms with Crippen LogP contribution in [0.3, 0.4) is 0 Å². The highest BCUT2D eigenvalue weighted by atomic mass is 35.5. The van der Waals surface area contributed by atoms with E-state index in [9.17, 15) is 14.0 Å². The van der Waals surface area contributed by atoms with Crippen molar-refractivity contribution >= 4 is 39.6 Å². The number of benzene rings is 2. The molecule has 0 fully saturated rings. The lowest BCUT2D eigenvalue weighted by Crippen LogP contribution is -2.22. The minimum atomic E-state index is -0.580. The predicted octanol–water partition coefficient (Wildman–Crippen LogP) is 5.23. The van der Waals surface area contributed by atoms with Crippen molar-refractivity contribution in [2.45, 2.75) is 39.7 Å². The van der Waals surface area contributed by atoms with Gasteiger partial charge >= 0.3 is 0 Å². The highest BCUT2D eigenvalue weighted by Crippen LogP contribution is 2.38. The topological polar surface area (TPSA) is 92.4 Å². The SMILES string of the molecule is C#C.CC(C)(C)O.CO.Cc1ccc2c(-c3cc(F)c(Cl)c4cccnc34)c(CC=O)n(C)c(=O)c2c1. The van der Waals surface area contributed by atoms with Gasteiger partial charge in [-0.2, -0.15) is 0 Å². The number of pyridine rings is 2. The first-order valence-corrected chi connectivity index (χ1v) is 11.6. The number of aliphatic hydroxyl groups is 2. The number of nitrogens with zero attached hydrogens (tertiary/aromatic N) is 2. The summed E-state index contributed by atoms with van der Waals surface area (Å²) < 4.78 is 16.1. The van der Waals surface area contributed by atoms with E-state index < -0.39 is 11.4 Å². The maximum absolute atomic E-state index is 14.7. The molecule has 37 heavy (non-hydrogen) atoms. The Morgan fingerprint density at radius 1 is 1.11 bits per heavy atom. The molecule has 4 rings (SSSR count). The summed E-state index contributed by atoms with van der Waals surface area (Å²) >= 11 is 6.16. The van der Waals surface area contributed by atoms with Crippen LogP contribution in [0.1, 0.15) is 32.0 Å². The van der Waals surface area contributed by atoms with Crippen molar-refractivity contribution in [3.63, 3.8) is 0 Å². The molecule has 196 valence electrons. The summed E-state index contributed by atoms with van der Waals surface area (Å²) in [6, 6.07) is 10.2. The van der Waals surface area contributed by atoms with E-state index in [1.807, 2.05) is 19.1 Å². The van der Waals surface area contributed by atoms with Gasteiger partial charge in [0.1, 0.15) is 12.1 Å². The molecule has 8 heteroatoms. The fourth-order valence-corrected chi connectivity index (χ4v) is 3.88. The Morgan fingerprint density at radius 2 is 1.70 bits per heavy atom. The fraction of sp³-hybridized carbons (Fsp3) is 0.276. The largest absolute Gasteiger partial charge is 0.400 e. The Morgan fingerprint density at radius 3 is 2.27 bits per heavy atom. The molecule has 0 saturated carbocycles. The van der Waals surface area contributed by atoms with Crippen LogP contribution in [0, 0.1) is 25.6 Å². The summed E-state index contributed by atoms with van der Waals surface area (Å²) in [6.07, 6.45) is 10.4. The number of aldehydes is 1. The van der Waals surface area contributed by atoms with Gasteiger partial charge in [0.2, 0.25) is 0 Å². The molecule has 0 atom stereocenters. The third-order valence-electron chi connectivity index (χ3n) is 5.00. The van der Waals surface area contributed by atoms with Gasteiger partial charge in [-0.15, -0.1) is 12.8 Å². The number of carbonyl (C=O) groups is 1. The minimum Gasteiger partial charge on any atom is -0.400 e. The number of rotatable bonds is 3. The third kappa shape index (κ3) is 7.46. The molecule has 0 radical (unpaired) electrons. The van der Waals surface area contributed by atoms with Gasteiger partial charge < -0.3 is 19.6 Å². The Balaban J connectivity index is 0.000000671. The van der Waals surface area contributed by atoms with Crippen LogP contribution in [0.25, 0.3) is 32.8 Å². The molecule has 0 aliphatic carbocycles. The summed E-state index contributed by atoms with van der Waals surface area (Å²) in [7, 11) is 2.62. The van der Waals surface area contributed by atoms with E-state index in [1.165, 1.54) is 10.6 Å². The number of hydrogen-bond acceptors (Lipinski definition) is 5. The first kappa shape index (κ1) is 31.5. The Labute approximate surface area is 221 Å². The molecule has 0 saturated heterocycles. The van der Waals surface area contributed by atoms with Gasteiger partial charge in [0.05, 0.1) is 16.1 Å². The summed E-state index contributed by atoms with van der Waals surface area (Å²) in [5.74, 6) is -0.580. The van der Waals surface area contributed by atoms with Crippen LogP contribution < -0.4 is 5.56 Å². The van der Waals surface area contributed by atoms with E-state index in [0.717, 1.165) is 19.0 Å². The van der Waals surface area contributed by atoms with E-state index in [1.54, 1.807) is 52.2 Å². The van der Waals surface area contributed by atoms with Crippen LogP contribution in [-0.4, -0.2) is 38.8 Å². The highest BCUT2D eigenvalue weighted by molar-refractivity contribution is 6.36. The molecule has 2 N–H and O–H groups in total. The maximum Gasteiger partial charge on any atom is 0.258 e. The second-order valence-electron chi connectivity index (χ2n) is 8.90. The zero-order valence-electron chi connectivity index (χ0n) is 21.8. The number of aryl methyl sites for hydroxylation is 1. The van der Waals surface area contributed by atoms with Crippen LogP contribution in [0.4, 0.5) is 4.39 Å².